The molecule has 6 heteroatoms. The molecule has 0 radical (unpaired) electrons. The fraction of sp³-hybridized carbons (Fsp3) is 0.176. The van der Waals surface area contributed by atoms with Crippen LogP contribution in [-0.4, -0.2) is 23.3 Å². The van der Waals surface area contributed by atoms with E-state index in [2.05, 4.69) is 0 Å². The second-order valence-electron chi connectivity index (χ2n) is 5.14. The number of hydrogen-bond acceptors (Lipinski definition) is 2. The van der Waals surface area contributed by atoms with Crippen LogP contribution >= 0.6 is 0 Å². The molecule has 2 N–H and O–H groups in total. The first-order chi connectivity index (χ1) is 10.9. The lowest BCUT2D eigenvalue weighted by Gasteiger charge is -2.28. The smallest absolute Gasteiger partial charge is 0.254 e. The molecule has 1 unspecified atom stereocenters. The summed E-state index contributed by atoms with van der Waals surface area (Å²) < 4.78 is 26.8. The number of nitrogens with two attached hydrogens (primary N) is 1. The molecule has 0 bridgehead atoms. The van der Waals surface area contributed by atoms with Gasteiger partial charge in [0.1, 0.15) is 18.2 Å². The number of benzene rings is 2. The second-order valence-corrected chi connectivity index (χ2v) is 5.14. The summed E-state index contributed by atoms with van der Waals surface area (Å²) in [6.45, 7) is 1.23. The van der Waals surface area contributed by atoms with Gasteiger partial charge in [0.05, 0.1) is 6.04 Å². The Kier molecular flexibility index (Phi) is 5.05. The van der Waals surface area contributed by atoms with Crippen molar-refractivity contribution in [1.82, 2.24) is 4.90 Å². The normalized spacial score (nSPS) is 11.8. The maximum atomic E-state index is 13.4. The number of amides is 2. The van der Waals surface area contributed by atoms with Crippen molar-refractivity contribution in [2.45, 2.75) is 13.0 Å². The zero-order chi connectivity index (χ0) is 17.0. The Bertz CT molecular complexity index is 700. The van der Waals surface area contributed by atoms with Gasteiger partial charge in [-0.25, -0.2) is 8.78 Å². The first-order valence-electron chi connectivity index (χ1n) is 6.99. The maximum Gasteiger partial charge on any atom is 0.254 e. The van der Waals surface area contributed by atoms with Gasteiger partial charge in [0.25, 0.3) is 5.91 Å². The Balaban J connectivity index is 2.37. The van der Waals surface area contributed by atoms with Gasteiger partial charge in [-0.15, -0.1) is 0 Å². The van der Waals surface area contributed by atoms with Gasteiger partial charge in [0.2, 0.25) is 5.91 Å². The molecule has 0 aromatic heterocycles. The van der Waals surface area contributed by atoms with Crippen LogP contribution in [0.15, 0.2) is 48.5 Å². The molecule has 120 valence electrons. The molecule has 1 atom stereocenters. The molecule has 2 rings (SSSR count). The van der Waals surface area contributed by atoms with E-state index in [1.807, 2.05) is 0 Å². The molecule has 0 aliphatic rings. The molecule has 2 aromatic carbocycles. The van der Waals surface area contributed by atoms with Crippen molar-refractivity contribution in [2.24, 2.45) is 5.73 Å². The fourth-order valence-electron chi connectivity index (χ4n) is 2.30. The lowest BCUT2D eigenvalue weighted by molar-refractivity contribution is -0.119. The maximum absolute atomic E-state index is 13.4. The average molecular weight is 318 g/mol. The van der Waals surface area contributed by atoms with Crippen LogP contribution in [0, 0.1) is 11.6 Å². The Morgan fingerprint density at radius 2 is 1.65 bits per heavy atom. The van der Waals surface area contributed by atoms with Crippen molar-refractivity contribution in [3.63, 3.8) is 0 Å². The van der Waals surface area contributed by atoms with Crippen molar-refractivity contribution in [3.8, 4) is 0 Å². The quantitative estimate of drug-likeness (QED) is 0.921. The molecule has 0 spiro atoms. The molecule has 2 aromatic rings. The summed E-state index contributed by atoms with van der Waals surface area (Å²) >= 11 is 0. The van der Waals surface area contributed by atoms with Gasteiger partial charge < -0.3 is 10.6 Å². The van der Waals surface area contributed by atoms with Gasteiger partial charge in [-0.2, -0.15) is 0 Å². The minimum absolute atomic E-state index is 0.244. The molecule has 0 aliphatic heterocycles. The molecule has 23 heavy (non-hydrogen) atoms. The van der Waals surface area contributed by atoms with Gasteiger partial charge in [-0.05, 0) is 36.8 Å². The third-order valence-corrected chi connectivity index (χ3v) is 3.44. The topological polar surface area (TPSA) is 63.4 Å². The molecule has 4 nitrogen and oxygen atoms in total. The summed E-state index contributed by atoms with van der Waals surface area (Å²) in [5.41, 5.74) is 5.81. The number of primary amides is 1. The second kappa shape index (κ2) is 7.00. The standard InChI is InChI=1S/C17H16F2N2O2/c1-11(13-7-14(18)9-15(19)8-13)21(10-16(20)22)17(23)12-5-3-2-4-6-12/h2-9,11H,10H2,1H3,(H2,20,22). The predicted molar refractivity (Wildman–Crippen MR) is 81.4 cm³/mol. The van der Waals surface area contributed by atoms with E-state index < -0.39 is 29.5 Å². The molecule has 0 heterocycles. The number of rotatable bonds is 5. The largest absolute Gasteiger partial charge is 0.368 e. The third kappa shape index (κ3) is 4.12. The number of carbonyl (C=O) groups is 2. The Morgan fingerprint density at radius 1 is 1.09 bits per heavy atom. The molecule has 0 saturated carbocycles. The van der Waals surface area contributed by atoms with Crippen LogP contribution in [0.3, 0.4) is 0 Å². The third-order valence-electron chi connectivity index (χ3n) is 3.44. The molecule has 0 aliphatic carbocycles. The van der Waals surface area contributed by atoms with Crippen LogP contribution in [0.2, 0.25) is 0 Å². The van der Waals surface area contributed by atoms with Crippen LogP contribution < -0.4 is 5.73 Å². The number of hydrogen-bond donors (Lipinski definition) is 1. The van der Waals surface area contributed by atoms with Gasteiger partial charge >= 0.3 is 0 Å². The summed E-state index contributed by atoms with van der Waals surface area (Å²) in [6.07, 6.45) is 0. The summed E-state index contributed by atoms with van der Waals surface area (Å²) in [7, 11) is 0. The van der Waals surface area contributed by atoms with Crippen molar-refractivity contribution in [3.05, 3.63) is 71.3 Å². The Hall–Kier alpha value is -2.76. The van der Waals surface area contributed by atoms with Crippen molar-refractivity contribution < 1.29 is 18.4 Å². The van der Waals surface area contributed by atoms with Crippen LogP contribution in [-0.2, 0) is 4.79 Å². The Morgan fingerprint density at radius 3 is 2.17 bits per heavy atom. The Labute approximate surface area is 132 Å². The van der Waals surface area contributed by atoms with Crippen LogP contribution in [0.4, 0.5) is 8.78 Å². The zero-order valence-electron chi connectivity index (χ0n) is 12.5. The fourth-order valence-corrected chi connectivity index (χ4v) is 2.30. The van der Waals surface area contributed by atoms with E-state index in [1.54, 1.807) is 37.3 Å². The number of halogens is 2. The molecular weight excluding hydrogens is 302 g/mol. The number of nitrogens with zero attached hydrogens (tertiary/aromatic N) is 1. The summed E-state index contributed by atoms with van der Waals surface area (Å²) in [5, 5.41) is 0. The highest BCUT2D eigenvalue weighted by molar-refractivity contribution is 5.96. The molecule has 0 fully saturated rings. The van der Waals surface area contributed by atoms with Gasteiger partial charge in [0.15, 0.2) is 0 Å². The highest BCUT2D eigenvalue weighted by atomic mass is 19.1. The van der Waals surface area contributed by atoms with Crippen molar-refractivity contribution >= 4 is 11.8 Å². The van der Waals surface area contributed by atoms with Gasteiger partial charge in [-0.3, -0.25) is 9.59 Å². The van der Waals surface area contributed by atoms with E-state index in [1.165, 1.54) is 4.90 Å². The van der Waals surface area contributed by atoms with Gasteiger partial charge in [-0.1, -0.05) is 18.2 Å². The summed E-state index contributed by atoms with van der Waals surface area (Å²) in [5.74, 6) is -2.66. The highest BCUT2D eigenvalue weighted by Crippen LogP contribution is 2.24. The molecule has 2 amide bonds. The lowest BCUT2D eigenvalue weighted by Crippen LogP contribution is -2.40. The van der Waals surface area contributed by atoms with Crippen LogP contribution in [0.1, 0.15) is 28.9 Å². The SMILES string of the molecule is CC(c1cc(F)cc(F)c1)N(CC(N)=O)C(=O)c1ccccc1. The zero-order valence-corrected chi connectivity index (χ0v) is 12.5. The first kappa shape index (κ1) is 16.6. The van der Waals surface area contributed by atoms with E-state index >= 15 is 0 Å². The predicted octanol–water partition coefficient (Wildman–Crippen LogP) is 2.65. The van der Waals surface area contributed by atoms with E-state index in [9.17, 15) is 18.4 Å². The molecular formula is C17H16F2N2O2. The average Bonchev–Trinajstić information content (AvgIpc) is 2.51. The van der Waals surface area contributed by atoms with E-state index in [4.69, 9.17) is 5.73 Å². The van der Waals surface area contributed by atoms with Crippen LogP contribution in [0.5, 0.6) is 0 Å². The highest BCUT2D eigenvalue weighted by Gasteiger charge is 2.25. The van der Waals surface area contributed by atoms with E-state index in [0.717, 1.165) is 18.2 Å². The minimum Gasteiger partial charge on any atom is -0.368 e. The minimum atomic E-state index is -0.752. The van der Waals surface area contributed by atoms with Crippen molar-refractivity contribution in [1.29, 1.82) is 0 Å². The van der Waals surface area contributed by atoms with Gasteiger partial charge in [0, 0.05) is 11.6 Å². The van der Waals surface area contributed by atoms with Crippen LogP contribution in [0.25, 0.3) is 0 Å². The van der Waals surface area contributed by atoms with E-state index in [-0.39, 0.29) is 12.1 Å². The van der Waals surface area contributed by atoms with E-state index in [0.29, 0.717) is 5.56 Å². The molecule has 0 saturated heterocycles. The lowest BCUT2D eigenvalue weighted by atomic mass is 10.0. The number of carbonyl (C=O) groups excluding carboxylic acids is 2. The summed E-state index contributed by atoms with van der Waals surface area (Å²) in [4.78, 5) is 25.1. The first-order valence-corrected chi connectivity index (χ1v) is 6.99. The van der Waals surface area contributed by atoms with Crippen molar-refractivity contribution in [2.75, 3.05) is 6.54 Å². The monoisotopic (exact) mass is 318 g/mol. The summed E-state index contributed by atoms with van der Waals surface area (Å²) in [6, 6.07) is 10.6.